The molecule has 0 saturated heterocycles. The number of halogens is 2. The van der Waals surface area contributed by atoms with E-state index < -0.39 is 22.9 Å². The minimum Gasteiger partial charge on any atom is -0.479 e. The molecular weight excluding hydrogens is 456 g/mol. The molecule has 0 fully saturated rings. The van der Waals surface area contributed by atoms with Gasteiger partial charge in [0.15, 0.2) is 0 Å². The minimum absolute atomic E-state index is 0.0628. The maximum Gasteiger partial charge on any atom is 0.271 e. The Morgan fingerprint density at radius 3 is 2.82 bits per heavy atom. The molecule has 0 spiro atoms. The Bertz CT molecular complexity index is 1240. The van der Waals surface area contributed by atoms with Gasteiger partial charge in [0.25, 0.3) is 17.2 Å². The zero-order valence-electron chi connectivity index (χ0n) is 17.8. The number of anilines is 2. The Balaban J connectivity index is 1.71. The number of amides is 1. The molecule has 1 aliphatic rings. The van der Waals surface area contributed by atoms with Crippen LogP contribution in [-0.4, -0.2) is 43.4 Å². The molecule has 3 heterocycles. The molecule has 2 N–H and O–H groups in total. The fourth-order valence-corrected chi connectivity index (χ4v) is 4.62. The molecule has 0 saturated carbocycles. The van der Waals surface area contributed by atoms with Crippen molar-refractivity contribution in [3.8, 4) is 5.88 Å². The van der Waals surface area contributed by atoms with Crippen LogP contribution in [0.3, 0.4) is 0 Å². The number of ether oxygens (including phenoxy) is 1. The molecule has 1 amide bonds. The van der Waals surface area contributed by atoms with Gasteiger partial charge >= 0.3 is 0 Å². The maximum absolute atomic E-state index is 14.9. The first kappa shape index (κ1) is 22.8. The summed E-state index contributed by atoms with van der Waals surface area (Å²) < 4.78 is 58.7. The SMILES string of the molecule is CNC(=O)c1ncn2c1CCC(c1cc(N(c3cc(F)cnc3OC)S(=O)O)ccc1F)C2. The lowest BCUT2D eigenvalue weighted by Gasteiger charge is -2.27. The minimum atomic E-state index is -2.62. The van der Waals surface area contributed by atoms with Gasteiger partial charge in [-0.1, -0.05) is 0 Å². The number of carbonyl (C=O) groups is 1. The quantitative estimate of drug-likeness (QED) is 0.529. The summed E-state index contributed by atoms with van der Waals surface area (Å²) in [6.07, 6.45) is 3.53. The van der Waals surface area contributed by atoms with Crippen LogP contribution in [-0.2, 0) is 24.2 Å². The van der Waals surface area contributed by atoms with Crippen LogP contribution >= 0.6 is 0 Å². The summed E-state index contributed by atoms with van der Waals surface area (Å²) in [7, 11) is 2.83. The fourth-order valence-electron chi connectivity index (χ4n) is 4.03. The molecule has 33 heavy (non-hydrogen) atoms. The van der Waals surface area contributed by atoms with Crippen LogP contribution in [0.15, 0.2) is 36.8 Å². The highest BCUT2D eigenvalue weighted by Crippen LogP contribution is 2.38. The Morgan fingerprint density at radius 1 is 1.33 bits per heavy atom. The first-order valence-electron chi connectivity index (χ1n) is 10.00. The zero-order valence-corrected chi connectivity index (χ0v) is 18.6. The number of carbonyl (C=O) groups excluding carboxylic acids is 1. The summed E-state index contributed by atoms with van der Waals surface area (Å²) in [6, 6.07) is 5.00. The molecular formula is C21H21F2N5O4S. The van der Waals surface area contributed by atoms with Gasteiger partial charge in [0.2, 0.25) is 5.88 Å². The van der Waals surface area contributed by atoms with Crippen molar-refractivity contribution < 1.29 is 27.1 Å². The molecule has 0 radical (unpaired) electrons. The average molecular weight is 477 g/mol. The van der Waals surface area contributed by atoms with Gasteiger partial charge in [0.1, 0.15) is 23.0 Å². The monoisotopic (exact) mass is 477 g/mol. The second kappa shape index (κ2) is 9.24. The van der Waals surface area contributed by atoms with Crippen molar-refractivity contribution in [1.82, 2.24) is 19.9 Å². The number of methoxy groups -OCH3 is 1. The first-order chi connectivity index (χ1) is 15.8. The van der Waals surface area contributed by atoms with E-state index in [0.29, 0.717) is 30.6 Å². The van der Waals surface area contributed by atoms with E-state index in [1.807, 2.05) is 4.57 Å². The Kier molecular flexibility index (Phi) is 6.38. The zero-order chi connectivity index (χ0) is 23.7. The molecule has 1 aromatic carbocycles. The lowest BCUT2D eigenvalue weighted by atomic mass is 9.89. The van der Waals surface area contributed by atoms with Gasteiger partial charge in [-0.05, 0) is 36.6 Å². The third-order valence-electron chi connectivity index (χ3n) is 5.56. The van der Waals surface area contributed by atoms with Crippen LogP contribution in [0.2, 0.25) is 0 Å². The molecule has 2 atom stereocenters. The van der Waals surface area contributed by atoms with Crippen molar-refractivity contribution in [2.24, 2.45) is 0 Å². The van der Waals surface area contributed by atoms with Crippen molar-refractivity contribution in [3.63, 3.8) is 0 Å². The predicted molar refractivity (Wildman–Crippen MR) is 117 cm³/mol. The summed E-state index contributed by atoms with van der Waals surface area (Å²) >= 11 is -2.62. The molecule has 0 aliphatic carbocycles. The van der Waals surface area contributed by atoms with Crippen molar-refractivity contribution in [2.45, 2.75) is 25.3 Å². The van der Waals surface area contributed by atoms with Crippen molar-refractivity contribution in [2.75, 3.05) is 18.5 Å². The summed E-state index contributed by atoms with van der Waals surface area (Å²) in [6.45, 7) is 0.382. The number of rotatable bonds is 6. The summed E-state index contributed by atoms with van der Waals surface area (Å²) in [4.78, 5) is 20.0. The van der Waals surface area contributed by atoms with Gasteiger partial charge in [-0.15, -0.1) is 0 Å². The highest BCUT2D eigenvalue weighted by atomic mass is 32.2. The van der Waals surface area contributed by atoms with Crippen molar-refractivity contribution >= 4 is 28.5 Å². The Hall–Kier alpha value is -3.38. The van der Waals surface area contributed by atoms with Crippen molar-refractivity contribution in [3.05, 3.63) is 65.4 Å². The number of hydrogen-bond donors (Lipinski definition) is 2. The third-order valence-corrected chi connectivity index (χ3v) is 6.28. The number of nitrogens with zero attached hydrogens (tertiary/aromatic N) is 4. The maximum atomic E-state index is 14.9. The highest BCUT2D eigenvalue weighted by molar-refractivity contribution is 7.81. The number of fused-ring (bicyclic) bond motifs is 1. The van der Waals surface area contributed by atoms with Crippen LogP contribution < -0.4 is 14.4 Å². The number of aromatic nitrogens is 3. The van der Waals surface area contributed by atoms with Gasteiger partial charge in [0.05, 0.1) is 31.0 Å². The van der Waals surface area contributed by atoms with Gasteiger partial charge in [0, 0.05) is 25.6 Å². The van der Waals surface area contributed by atoms with E-state index in [1.165, 1.54) is 32.4 Å². The lowest BCUT2D eigenvalue weighted by molar-refractivity contribution is 0.0957. The second-order valence-electron chi connectivity index (χ2n) is 7.42. The van der Waals surface area contributed by atoms with E-state index in [-0.39, 0.29) is 29.1 Å². The molecule has 2 aromatic heterocycles. The smallest absolute Gasteiger partial charge is 0.271 e. The fraction of sp³-hybridized carbons (Fsp3) is 0.286. The highest BCUT2D eigenvalue weighted by Gasteiger charge is 2.29. The molecule has 174 valence electrons. The van der Waals surface area contributed by atoms with Crippen LogP contribution in [0.4, 0.5) is 20.2 Å². The Morgan fingerprint density at radius 2 is 2.12 bits per heavy atom. The van der Waals surface area contributed by atoms with Gasteiger partial charge < -0.3 is 14.6 Å². The number of hydrogen-bond acceptors (Lipinski definition) is 5. The van der Waals surface area contributed by atoms with E-state index >= 15 is 0 Å². The second-order valence-corrected chi connectivity index (χ2v) is 8.25. The largest absolute Gasteiger partial charge is 0.479 e. The summed E-state index contributed by atoms with van der Waals surface area (Å²) in [5.41, 5.74) is 1.53. The molecule has 4 rings (SSSR count). The van der Waals surface area contributed by atoms with Crippen LogP contribution in [0, 0.1) is 11.6 Å². The predicted octanol–water partition coefficient (Wildman–Crippen LogP) is 2.93. The molecule has 2 unspecified atom stereocenters. The normalized spacial score (nSPS) is 16.1. The van der Waals surface area contributed by atoms with E-state index in [2.05, 4.69) is 15.3 Å². The summed E-state index contributed by atoms with van der Waals surface area (Å²) in [5, 5.41) is 2.55. The van der Waals surface area contributed by atoms with Crippen molar-refractivity contribution in [1.29, 1.82) is 0 Å². The van der Waals surface area contributed by atoms with E-state index in [4.69, 9.17) is 4.74 Å². The average Bonchev–Trinajstić information content (AvgIpc) is 3.23. The number of nitrogens with one attached hydrogen (secondary N) is 1. The molecule has 0 bridgehead atoms. The van der Waals surface area contributed by atoms with E-state index in [9.17, 15) is 22.3 Å². The first-order valence-corrected chi connectivity index (χ1v) is 11.1. The van der Waals surface area contributed by atoms with Gasteiger partial charge in [-0.3, -0.25) is 9.35 Å². The van der Waals surface area contributed by atoms with E-state index in [0.717, 1.165) is 22.3 Å². The van der Waals surface area contributed by atoms with Gasteiger partial charge in [-0.25, -0.2) is 27.3 Å². The molecule has 3 aromatic rings. The molecule has 9 nitrogen and oxygen atoms in total. The van der Waals surface area contributed by atoms with Crippen LogP contribution in [0.1, 0.15) is 34.1 Å². The topological polar surface area (TPSA) is 110 Å². The summed E-state index contributed by atoms with van der Waals surface area (Å²) in [5.74, 6) is -1.82. The van der Waals surface area contributed by atoms with Crippen LogP contribution in [0.25, 0.3) is 0 Å². The number of imidazole rings is 1. The standard InChI is InChI=1S/C21H21F2N5O4S/c1-24-20(29)19-17-6-3-12(10-27(17)11-26-19)15-8-14(4-5-16(15)23)28(33(30)31)18-7-13(22)9-25-21(18)32-2/h4-5,7-9,11-12H,3,6,10H2,1-2H3,(H,24,29)(H,30,31). The molecule has 12 heteroatoms. The third kappa shape index (κ3) is 4.31. The Labute approximate surface area is 190 Å². The number of pyridine rings is 1. The molecule has 1 aliphatic heterocycles. The van der Waals surface area contributed by atoms with Crippen LogP contribution in [0.5, 0.6) is 5.88 Å². The van der Waals surface area contributed by atoms with Gasteiger partial charge in [-0.2, -0.15) is 0 Å². The lowest BCUT2D eigenvalue weighted by Crippen LogP contribution is -2.24. The number of benzene rings is 1. The van der Waals surface area contributed by atoms with E-state index in [1.54, 1.807) is 6.33 Å².